The zero-order chi connectivity index (χ0) is 50.7. The van der Waals surface area contributed by atoms with Gasteiger partial charge in [-0.2, -0.15) is 19.2 Å². The van der Waals surface area contributed by atoms with Crippen molar-refractivity contribution < 1.29 is 71.6 Å². The molecule has 2 aromatic rings. The van der Waals surface area contributed by atoms with Gasteiger partial charge in [-0.05, 0) is 98.1 Å². The molecule has 0 unspecified atom stereocenters. The molecule has 0 saturated carbocycles. The van der Waals surface area contributed by atoms with Crippen LogP contribution in [0, 0.1) is 5.41 Å². The Balaban J connectivity index is -0.000000924. The molecular weight excluding hydrogens is 847 g/mol. The lowest BCUT2D eigenvalue weighted by Gasteiger charge is -2.22. The number of hydrogen-bond acceptors (Lipinski definition) is 16. The summed E-state index contributed by atoms with van der Waals surface area (Å²) in [6.45, 7) is 23.1. The SMILES string of the molecule is CC(C)(C)CCC(=O)[C@H](CCC(=O)OC(C)(C)C)NC(=O)OCc1ccccc1.CC(C)(C)OC(=O)CCCNC(=O)OCc1ccccc1.CC(C)(C)OC(=O)CN.O=C=O.O=C=O. The zero-order valence-electron chi connectivity index (χ0n) is 40.1. The van der Waals surface area contributed by atoms with Gasteiger partial charge >= 0.3 is 42.4 Å². The second kappa shape index (κ2) is 34.2. The fourth-order valence-electron chi connectivity index (χ4n) is 4.52. The predicted octanol–water partition coefficient (Wildman–Crippen LogP) is 6.95. The number of carbonyl (C=O) groups excluding carboxylic acids is 10. The number of carbonyl (C=O) groups is 6. The van der Waals surface area contributed by atoms with Gasteiger partial charge in [0.1, 0.15) is 30.0 Å². The van der Waals surface area contributed by atoms with Crippen LogP contribution in [0.25, 0.3) is 0 Å². The first kappa shape index (κ1) is 63.1. The van der Waals surface area contributed by atoms with Crippen LogP contribution in [0.3, 0.4) is 0 Å². The van der Waals surface area contributed by atoms with Crippen LogP contribution in [0.4, 0.5) is 9.59 Å². The van der Waals surface area contributed by atoms with Crippen LogP contribution >= 0.6 is 0 Å². The Morgan fingerprint density at radius 3 is 1.32 bits per heavy atom. The molecule has 0 heterocycles. The van der Waals surface area contributed by atoms with Gasteiger partial charge in [0.15, 0.2) is 5.78 Å². The normalized spacial score (nSPS) is 11.0. The molecule has 65 heavy (non-hydrogen) atoms. The van der Waals surface area contributed by atoms with E-state index in [9.17, 15) is 28.8 Å². The minimum absolute atomic E-state index is 0.000800. The highest BCUT2D eigenvalue weighted by Crippen LogP contribution is 2.22. The standard InChI is InChI=1S/C23H35NO5.C16H23NO4.C6H13NO2.2CO2/c1-22(2,3)15-14-19(25)18(12-13-20(26)29-23(4,5)6)24-21(27)28-16-17-10-8-7-9-11-17;1-16(2,3)21-14(18)10-7-11-17-15(19)20-12-13-8-5-4-6-9-13;1-6(2,3)9-5(8)4-7;2*2-1-3/h7-11,18H,12-16H2,1-6H3,(H,24,27);4-6,8-9H,7,10-12H2,1-3H3,(H,17,19);4,7H2,1-3H3;;/t18-;;;;/m0..../s1. The number of rotatable bonds is 16. The van der Waals surface area contributed by atoms with E-state index in [0.717, 1.165) is 11.1 Å². The lowest BCUT2D eigenvalue weighted by atomic mass is 9.88. The number of nitrogens with two attached hydrogens (primary N) is 1. The third-order valence-corrected chi connectivity index (χ3v) is 7.12. The van der Waals surface area contributed by atoms with E-state index in [1.807, 2.05) is 81.4 Å². The number of ketones is 1. The summed E-state index contributed by atoms with van der Waals surface area (Å²) in [6.07, 6.45) is 1.37. The van der Waals surface area contributed by atoms with Gasteiger partial charge in [-0.3, -0.25) is 19.2 Å². The van der Waals surface area contributed by atoms with Crippen LogP contribution in [0.2, 0.25) is 0 Å². The molecule has 18 heteroatoms. The van der Waals surface area contributed by atoms with Gasteiger partial charge in [-0.15, -0.1) is 0 Å². The highest BCUT2D eigenvalue weighted by molar-refractivity contribution is 5.88. The van der Waals surface area contributed by atoms with Crippen LogP contribution in [-0.2, 0) is 75.3 Å². The van der Waals surface area contributed by atoms with Crippen molar-refractivity contribution in [1.29, 1.82) is 0 Å². The van der Waals surface area contributed by atoms with Crippen molar-refractivity contribution in [2.45, 2.75) is 158 Å². The molecular formula is C47H71N3O15. The number of benzene rings is 2. The molecule has 0 aliphatic heterocycles. The number of esters is 3. The average molecular weight is 918 g/mol. The maximum absolute atomic E-state index is 12.7. The predicted molar refractivity (Wildman–Crippen MR) is 237 cm³/mol. The maximum Gasteiger partial charge on any atom is 0.408 e. The zero-order valence-corrected chi connectivity index (χ0v) is 40.1. The van der Waals surface area contributed by atoms with E-state index in [-0.39, 0.29) is 74.5 Å². The minimum atomic E-state index is -0.784. The quantitative estimate of drug-likeness (QED) is 0.0873. The summed E-state index contributed by atoms with van der Waals surface area (Å²) in [5.41, 5.74) is 5.32. The molecule has 2 rings (SSSR count). The van der Waals surface area contributed by atoms with E-state index >= 15 is 0 Å². The Morgan fingerprint density at radius 1 is 0.569 bits per heavy atom. The van der Waals surface area contributed by atoms with Gasteiger partial charge in [0.2, 0.25) is 0 Å². The van der Waals surface area contributed by atoms with E-state index in [0.29, 0.717) is 25.8 Å². The van der Waals surface area contributed by atoms with Gasteiger partial charge < -0.3 is 40.1 Å². The summed E-state index contributed by atoms with van der Waals surface area (Å²) in [6, 6.07) is 18.0. The number of Topliss-reactive ketones (excluding diaryl/α,β-unsaturated/α-hetero) is 1. The molecule has 0 aromatic heterocycles. The van der Waals surface area contributed by atoms with Crippen molar-refractivity contribution in [3.05, 3.63) is 71.8 Å². The van der Waals surface area contributed by atoms with Crippen molar-refractivity contribution >= 4 is 48.2 Å². The van der Waals surface area contributed by atoms with Gasteiger partial charge in [-0.25, -0.2) is 9.59 Å². The third kappa shape index (κ3) is 45.6. The Labute approximate surface area is 383 Å². The monoisotopic (exact) mass is 917 g/mol. The number of alkyl carbamates (subject to hydrolysis) is 2. The highest BCUT2D eigenvalue weighted by atomic mass is 16.6. The first-order valence-corrected chi connectivity index (χ1v) is 20.8. The van der Waals surface area contributed by atoms with E-state index in [4.69, 9.17) is 48.6 Å². The van der Waals surface area contributed by atoms with Crippen molar-refractivity contribution in [3.63, 3.8) is 0 Å². The Morgan fingerprint density at radius 2 is 0.954 bits per heavy atom. The summed E-state index contributed by atoms with van der Waals surface area (Å²) in [5.74, 6) is -1.13. The molecule has 0 radical (unpaired) electrons. The lowest BCUT2D eigenvalue weighted by molar-refractivity contribution is -0.193. The van der Waals surface area contributed by atoms with Gasteiger partial charge in [0.05, 0.1) is 12.6 Å². The van der Waals surface area contributed by atoms with Crippen molar-refractivity contribution in [1.82, 2.24) is 10.6 Å². The molecule has 0 fully saturated rings. The Hall–Kier alpha value is -6.22. The smallest absolute Gasteiger partial charge is 0.408 e. The summed E-state index contributed by atoms with van der Waals surface area (Å²) in [5, 5.41) is 5.23. The molecule has 0 spiro atoms. The van der Waals surface area contributed by atoms with Crippen LogP contribution in [-0.4, -0.2) is 84.1 Å². The van der Waals surface area contributed by atoms with Crippen LogP contribution in [0.1, 0.15) is 133 Å². The first-order chi connectivity index (χ1) is 30.0. The van der Waals surface area contributed by atoms with Crippen LogP contribution in [0.15, 0.2) is 60.7 Å². The molecule has 0 bridgehead atoms. The topological polar surface area (TPSA) is 267 Å². The molecule has 0 aliphatic carbocycles. The van der Waals surface area contributed by atoms with Gasteiger partial charge in [0.25, 0.3) is 0 Å². The summed E-state index contributed by atoms with van der Waals surface area (Å²) >= 11 is 0. The van der Waals surface area contributed by atoms with Crippen molar-refractivity contribution in [2.24, 2.45) is 11.1 Å². The number of hydrogen-bond donors (Lipinski definition) is 3. The van der Waals surface area contributed by atoms with Crippen LogP contribution in [0.5, 0.6) is 0 Å². The Kier molecular flexibility index (Phi) is 33.2. The number of ether oxygens (including phenoxy) is 5. The van der Waals surface area contributed by atoms with Crippen molar-refractivity contribution in [2.75, 3.05) is 13.1 Å². The van der Waals surface area contributed by atoms with E-state index in [2.05, 4.69) is 31.4 Å². The van der Waals surface area contributed by atoms with Crippen molar-refractivity contribution in [3.8, 4) is 0 Å². The summed E-state index contributed by atoms with van der Waals surface area (Å²) in [4.78, 5) is 103. The largest absolute Gasteiger partial charge is 0.460 e. The molecule has 0 saturated heterocycles. The molecule has 4 N–H and O–H groups in total. The highest BCUT2D eigenvalue weighted by Gasteiger charge is 2.26. The Bertz CT molecular complexity index is 1730. The van der Waals surface area contributed by atoms with E-state index in [1.165, 1.54) is 0 Å². The fourth-order valence-corrected chi connectivity index (χ4v) is 4.52. The lowest BCUT2D eigenvalue weighted by Crippen LogP contribution is -2.42. The first-order valence-electron chi connectivity index (χ1n) is 20.8. The molecule has 1 atom stereocenters. The second-order valence-electron chi connectivity index (χ2n) is 18.0. The van der Waals surface area contributed by atoms with Gasteiger partial charge in [-0.1, -0.05) is 81.4 Å². The number of amides is 2. The summed E-state index contributed by atoms with van der Waals surface area (Å²) < 4.78 is 25.6. The van der Waals surface area contributed by atoms with Gasteiger partial charge in [0, 0.05) is 25.8 Å². The molecule has 0 aliphatic rings. The summed E-state index contributed by atoms with van der Waals surface area (Å²) in [7, 11) is 0. The molecule has 364 valence electrons. The second-order valence-corrected chi connectivity index (χ2v) is 18.0. The fraction of sp³-hybridized carbons (Fsp3) is 0.574. The maximum atomic E-state index is 12.7. The number of nitrogens with one attached hydrogen (secondary N) is 2. The molecule has 18 nitrogen and oxygen atoms in total. The molecule has 2 amide bonds. The van der Waals surface area contributed by atoms with E-state index in [1.54, 1.807) is 41.5 Å². The minimum Gasteiger partial charge on any atom is -0.460 e. The van der Waals surface area contributed by atoms with E-state index < -0.39 is 41.0 Å². The third-order valence-electron chi connectivity index (χ3n) is 7.12. The average Bonchev–Trinajstić information content (AvgIpc) is 3.18. The molecule has 2 aromatic carbocycles. The van der Waals surface area contributed by atoms with Crippen LogP contribution < -0.4 is 16.4 Å².